The van der Waals surface area contributed by atoms with Crippen LogP contribution in [0.1, 0.15) is 42.5 Å². The van der Waals surface area contributed by atoms with E-state index in [2.05, 4.69) is 26.9 Å². The molecule has 2 heterocycles. The van der Waals surface area contributed by atoms with E-state index >= 15 is 0 Å². The zero-order chi connectivity index (χ0) is 26.4. The fraction of sp³-hybridized carbons (Fsp3) is 0.286. The molecule has 0 bridgehead atoms. The van der Waals surface area contributed by atoms with E-state index in [1.165, 1.54) is 0 Å². The summed E-state index contributed by atoms with van der Waals surface area (Å²) in [7, 11) is 0. The third-order valence-corrected chi connectivity index (χ3v) is 6.16. The van der Waals surface area contributed by atoms with Crippen LogP contribution in [-0.2, 0) is 15.1 Å². The minimum atomic E-state index is -0.697. The normalized spacial score (nSPS) is 17.4. The van der Waals surface area contributed by atoms with E-state index in [1.807, 2.05) is 51.1 Å². The summed E-state index contributed by atoms with van der Waals surface area (Å²) in [6, 6.07) is 15.4. The Hall–Kier alpha value is -3.98. The van der Waals surface area contributed by atoms with Crippen molar-refractivity contribution in [1.29, 1.82) is 0 Å². The quantitative estimate of drug-likeness (QED) is 0.256. The number of nitrogens with one attached hydrogen (secondary N) is 2. The zero-order valence-electron chi connectivity index (χ0n) is 21.3. The van der Waals surface area contributed by atoms with E-state index in [4.69, 9.17) is 26.4 Å². The second kappa shape index (κ2) is 11.4. The molecule has 2 N–H and O–H groups in total. The van der Waals surface area contributed by atoms with Crippen molar-refractivity contribution in [3.63, 3.8) is 0 Å². The summed E-state index contributed by atoms with van der Waals surface area (Å²) in [5, 5.41) is 8.26. The summed E-state index contributed by atoms with van der Waals surface area (Å²) in [4.78, 5) is 16.0. The molecule has 0 amide bonds. The molecule has 37 heavy (non-hydrogen) atoms. The number of esters is 1. The first kappa shape index (κ1) is 26.1. The average molecular weight is 519 g/mol. The molecule has 0 unspecified atom stereocenters. The predicted molar refractivity (Wildman–Crippen MR) is 147 cm³/mol. The van der Waals surface area contributed by atoms with Crippen molar-refractivity contribution >= 4 is 34.7 Å². The average Bonchev–Trinajstić information content (AvgIpc) is 2.89. The highest BCUT2D eigenvalue weighted by atomic mass is 32.1. The van der Waals surface area contributed by atoms with Gasteiger partial charge in [-0.05, 0) is 81.4 Å². The van der Waals surface area contributed by atoms with Gasteiger partial charge < -0.3 is 19.5 Å². The van der Waals surface area contributed by atoms with E-state index in [1.54, 1.807) is 31.5 Å². The Morgan fingerprint density at radius 1 is 1.22 bits per heavy atom. The van der Waals surface area contributed by atoms with Crippen LogP contribution in [0.5, 0.6) is 11.5 Å². The first-order valence-corrected chi connectivity index (χ1v) is 12.4. The van der Waals surface area contributed by atoms with Gasteiger partial charge in [-0.25, -0.2) is 4.79 Å². The van der Waals surface area contributed by atoms with Crippen LogP contribution in [0.15, 0.2) is 66.0 Å². The molecular weight excluding hydrogens is 488 g/mol. The van der Waals surface area contributed by atoms with Gasteiger partial charge in [0.2, 0.25) is 0 Å². The van der Waals surface area contributed by atoms with E-state index in [0.717, 1.165) is 33.7 Å². The van der Waals surface area contributed by atoms with Crippen molar-refractivity contribution in [2.24, 2.45) is 5.10 Å². The molecule has 9 heteroatoms. The molecule has 1 aliphatic heterocycles. The Kier molecular flexibility index (Phi) is 8.03. The van der Waals surface area contributed by atoms with Crippen LogP contribution in [0.2, 0.25) is 0 Å². The van der Waals surface area contributed by atoms with Gasteiger partial charge in [0.05, 0.1) is 12.3 Å². The number of aromatic nitrogens is 1. The van der Waals surface area contributed by atoms with Crippen molar-refractivity contribution in [3.05, 3.63) is 83.2 Å². The molecule has 0 saturated heterocycles. The number of hydrogen-bond donors (Lipinski definition) is 2. The number of hydrogen-bond acceptors (Lipinski definition) is 7. The number of ether oxygens (including phenoxy) is 3. The molecule has 0 aliphatic carbocycles. The molecule has 1 aromatic heterocycles. The summed E-state index contributed by atoms with van der Waals surface area (Å²) in [5.74, 6) is 0.707. The number of carbonyl (C=O) groups is 1. The van der Waals surface area contributed by atoms with Gasteiger partial charge in [-0.15, -0.1) is 0 Å². The van der Waals surface area contributed by atoms with Gasteiger partial charge >= 0.3 is 5.97 Å². The number of hydrazone groups is 1. The molecule has 1 atom stereocenters. The lowest BCUT2D eigenvalue weighted by Crippen LogP contribution is -2.38. The minimum absolute atomic E-state index is 0.185. The summed E-state index contributed by atoms with van der Waals surface area (Å²) in [6.45, 7) is 7.91. The van der Waals surface area contributed by atoms with E-state index < -0.39 is 11.6 Å². The number of aryl methyl sites for hydroxylation is 2. The maximum absolute atomic E-state index is 11.8. The molecule has 192 valence electrons. The Morgan fingerprint density at radius 3 is 2.81 bits per heavy atom. The lowest BCUT2D eigenvalue weighted by atomic mass is 9.86. The first-order chi connectivity index (χ1) is 17.8. The van der Waals surface area contributed by atoms with E-state index in [0.29, 0.717) is 29.6 Å². The smallest absolute Gasteiger partial charge is 0.344 e. The van der Waals surface area contributed by atoms with Gasteiger partial charge in [0.25, 0.3) is 0 Å². The van der Waals surface area contributed by atoms with Gasteiger partial charge in [-0.2, -0.15) is 5.10 Å². The maximum atomic E-state index is 11.8. The van der Waals surface area contributed by atoms with Crippen molar-refractivity contribution in [2.45, 2.75) is 39.7 Å². The second-order valence-corrected chi connectivity index (χ2v) is 9.35. The zero-order valence-corrected chi connectivity index (χ0v) is 22.1. The summed E-state index contributed by atoms with van der Waals surface area (Å²) in [6.07, 6.45) is 3.97. The van der Waals surface area contributed by atoms with Crippen molar-refractivity contribution in [2.75, 3.05) is 18.5 Å². The third kappa shape index (κ3) is 6.42. The van der Waals surface area contributed by atoms with Crippen molar-refractivity contribution < 1.29 is 19.0 Å². The van der Waals surface area contributed by atoms with Gasteiger partial charge in [0.1, 0.15) is 17.1 Å². The summed E-state index contributed by atoms with van der Waals surface area (Å²) < 4.78 is 17.0. The van der Waals surface area contributed by atoms with Gasteiger partial charge in [-0.1, -0.05) is 18.2 Å². The van der Waals surface area contributed by atoms with Gasteiger partial charge in [0, 0.05) is 35.6 Å². The molecule has 1 aliphatic rings. The minimum Gasteiger partial charge on any atom is -0.482 e. The fourth-order valence-corrected chi connectivity index (χ4v) is 4.18. The Bertz CT molecular complexity index is 1330. The van der Waals surface area contributed by atoms with Gasteiger partial charge in [0.15, 0.2) is 11.7 Å². The van der Waals surface area contributed by atoms with Crippen LogP contribution in [0, 0.1) is 13.8 Å². The number of thiocarbonyl (C=S) groups is 1. The number of carbonyl (C=O) groups excluding carboxylic acids is 1. The molecule has 0 fully saturated rings. The molecule has 0 radical (unpaired) electrons. The highest BCUT2D eigenvalue weighted by Gasteiger charge is 2.37. The lowest BCUT2D eigenvalue weighted by molar-refractivity contribution is -0.145. The molecule has 0 saturated carbocycles. The van der Waals surface area contributed by atoms with Crippen LogP contribution >= 0.6 is 12.2 Å². The third-order valence-electron chi connectivity index (χ3n) is 5.97. The number of anilines is 1. The topological polar surface area (TPSA) is 94.1 Å². The largest absolute Gasteiger partial charge is 0.482 e. The van der Waals surface area contributed by atoms with Gasteiger partial charge in [-0.3, -0.25) is 10.4 Å². The highest BCUT2D eigenvalue weighted by Crippen LogP contribution is 2.40. The van der Waals surface area contributed by atoms with Crippen LogP contribution in [0.25, 0.3) is 0 Å². The highest BCUT2D eigenvalue weighted by molar-refractivity contribution is 7.80. The SMILES string of the molecule is CCOC(=O)COc1ccc2c(c1)/C(=N\NC(=S)Nc1cc(C)ccc1C)C[C@](C)(c1cccnc1)O2. The Morgan fingerprint density at radius 2 is 2.05 bits per heavy atom. The maximum Gasteiger partial charge on any atom is 0.344 e. The van der Waals surface area contributed by atoms with Crippen LogP contribution in [0.3, 0.4) is 0 Å². The Labute approximate surface area is 222 Å². The van der Waals surface area contributed by atoms with E-state index in [9.17, 15) is 4.79 Å². The number of nitrogens with zero attached hydrogens (tertiary/aromatic N) is 2. The van der Waals surface area contributed by atoms with E-state index in [-0.39, 0.29) is 6.61 Å². The second-order valence-electron chi connectivity index (χ2n) is 8.95. The van der Waals surface area contributed by atoms with Crippen LogP contribution < -0.4 is 20.2 Å². The van der Waals surface area contributed by atoms with Crippen LogP contribution in [-0.4, -0.2) is 35.0 Å². The molecule has 3 aromatic rings. The van der Waals surface area contributed by atoms with Crippen molar-refractivity contribution in [3.8, 4) is 11.5 Å². The molecule has 8 nitrogen and oxygen atoms in total. The number of benzene rings is 2. The predicted octanol–water partition coefficient (Wildman–Crippen LogP) is 5.03. The lowest BCUT2D eigenvalue weighted by Gasteiger charge is -2.36. The Balaban J connectivity index is 1.61. The molecular formula is C28H30N4O4S. The molecule has 0 spiro atoms. The van der Waals surface area contributed by atoms with Crippen LogP contribution in [0.4, 0.5) is 5.69 Å². The summed E-state index contributed by atoms with van der Waals surface area (Å²) >= 11 is 5.53. The number of fused-ring (bicyclic) bond motifs is 1. The number of rotatable bonds is 7. The number of pyridine rings is 1. The monoisotopic (exact) mass is 518 g/mol. The first-order valence-electron chi connectivity index (χ1n) is 12.0. The molecule has 4 rings (SSSR count). The summed E-state index contributed by atoms with van der Waals surface area (Å²) in [5.41, 5.74) is 7.79. The van der Waals surface area contributed by atoms with Crippen molar-refractivity contribution in [1.82, 2.24) is 10.4 Å². The standard InChI is InChI=1S/C28H30N4O4S/c1-5-34-26(33)17-35-21-10-11-25-22(14-21)24(15-28(4,36-25)20-7-6-12-29-16-20)31-32-27(37)30-23-13-18(2)8-9-19(23)3/h6-14,16H,5,15,17H2,1-4H3,(H2,30,32,37)/b31-24-/t28-/m1/s1. The molecule has 2 aromatic carbocycles. The fourth-order valence-electron chi connectivity index (χ4n) is 4.03.